The summed E-state index contributed by atoms with van der Waals surface area (Å²) >= 11 is 0. The normalized spacial score (nSPS) is 23.7. The largest absolute Gasteiger partial charge is 0.465 e. The van der Waals surface area contributed by atoms with Crippen LogP contribution < -0.4 is 0 Å². The highest BCUT2D eigenvalue weighted by Gasteiger charge is 2.47. The second-order valence-corrected chi connectivity index (χ2v) is 8.75. The summed E-state index contributed by atoms with van der Waals surface area (Å²) in [6.45, 7) is 2.90. The Hall–Kier alpha value is -0.790. The SMILES string of the molecule is CCCCCCCCCCCCCCCCOC(=O)C12C=CC(CC1)C2. The molecule has 2 bridgehead atoms. The second-order valence-electron chi connectivity index (χ2n) is 8.75. The molecule has 2 aliphatic carbocycles. The highest BCUT2D eigenvalue weighted by Crippen LogP contribution is 2.49. The van der Waals surface area contributed by atoms with Gasteiger partial charge in [-0.1, -0.05) is 103 Å². The molecular formula is C24H42O2. The van der Waals surface area contributed by atoms with Crippen LogP contribution in [-0.4, -0.2) is 12.6 Å². The number of hydrogen-bond donors (Lipinski definition) is 0. The third-order valence-corrected chi connectivity index (χ3v) is 6.41. The Morgan fingerprint density at radius 1 is 0.885 bits per heavy atom. The van der Waals surface area contributed by atoms with Crippen molar-refractivity contribution in [2.24, 2.45) is 11.3 Å². The zero-order valence-electron chi connectivity index (χ0n) is 17.3. The molecule has 1 fully saturated rings. The fraction of sp³-hybridized carbons (Fsp3) is 0.875. The Bertz CT molecular complexity index is 414. The van der Waals surface area contributed by atoms with E-state index in [2.05, 4.69) is 19.1 Å². The molecule has 2 heteroatoms. The summed E-state index contributed by atoms with van der Waals surface area (Å²) in [5, 5.41) is 0. The van der Waals surface area contributed by atoms with Crippen LogP contribution in [0.4, 0.5) is 0 Å². The molecule has 1 saturated carbocycles. The molecule has 0 aromatic heterocycles. The van der Waals surface area contributed by atoms with Gasteiger partial charge >= 0.3 is 5.97 Å². The Kier molecular flexibility index (Phi) is 10.4. The molecule has 0 saturated heterocycles. The predicted octanol–water partition coefficient (Wildman–Crippen LogP) is 7.37. The topological polar surface area (TPSA) is 26.3 Å². The second kappa shape index (κ2) is 12.6. The van der Waals surface area contributed by atoms with Crippen LogP contribution in [0, 0.1) is 11.3 Å². The fourth-order valence-corrected chi connectivity index (χ4v) is 4.61. The summed E-state index contributed by atoms with van der Waals surface area (Å²) in [4.78, 5) is 12.3. The lowest BCUT2D eigenvalue weighted by Gasteiger charge is -2.21. The molecule has 26 heavy (non-hydrogen) atoms. The molecule has 0 amide bonds. The van der Waals surface area contributed by atoms with Gasteiger partial charge in [0.05, 0.1) is 12.0 Å². The number of unbranched alkanes of at least 4 members (excludes halogenated alkanes) is 13. The maximum Gasteiger partial charge on any atom is 0.315 e. The number of fused-ring (bicyclic) bond motifs is 2. The lowest BCUT2D eigenvalue weighted by atomic mass is 9.88. The average Bonchev–Trinajstić information content (AvgIpc) is 3.27. The van der Waals surface area contributed by atoms with Gasteiger partial charge in [-0.3, -0.25) is 4.79 Å². The number of rotatable bonds is 16. The Balaban J connectivity index is 1.31. The number of hydrogen-bond acceptors (Lipinski definition) is 2. The quantitative estimate of drug-likeness (QED) is 0.163. The zero-order valence-corrected chi connectivity index (χ0v) is 17.3. The van der Waals surface area contributed by atoms with Crippen molar-refractivity contribution in [3.05, 3.63) is 12.2 Å². The fourth-order valence-electron chi connectivity index (χ4n) is 4.61. The van der Waals surface area contributed by atoms with E-state index in [9.17, 15) is 4.79 Å². The molecule has 0 heterocycles. The van der Waals surface area contributed by atoms with Crippen LogP contribution in [0.1, 0.15) is 116 Å². The summed E-state index contributed by atoms with van der Waals surface area (Å²) in [6, 6.07) is 0. The minimum Gasteiger partial charge on any atom is -0.465 e. The minimum atomic E-state index is -0.235. The summed E-state index contributed by atoms with van der Waals surface area (Å²) in [5.74, 6) is 0.687. The molecule has 150 valence electrons. The lowest BCUT2D eigenvalue weighted by Crippen LogP contribution is -2.27. The highest BCUT2D eigenvalue weighted by atomic mass is 16.5. The van der Waals surface area contributed by atoms with E-state index in [4.69, 9.17) is 4.74 Å². The number of ether oxygens (including phenoxy) is 1. The number of allylic oxidation sites excluding steroid dienone is 1. The van der Waals surface area contributed by atoms with Gasteiger partial charge in [0.25, 0.3) is 0 Å². The maximum absolute atomic E-state index is 12.3. The van der Waals surface area contributed by atoms with Gasteiger partial charge in [0.2, 0.25) is 0 Å². The number of carbonyl (C=O) groups excluding carboxylic acids is 1. The molecule has 2 unspecified atom stereocenters. The molecule has 2 rings (SSSR count). The van der Waals surface area contributed by atoms with E-state index < -0.39 is 0 Å². The zero-order chi connectivity index (χ0) is 18.5. The number of esters is 1. The van der Waals surface area contributed by atoms with Crippen molar-refractivity contribution >= 4 is 5.97 Å². The third-order valence-electron chi connectivity index (χ3n) is 6.41. The van der Waals surface area contributed by atoms with E-state index in [1.807, 2.05) is 0 Å². The molecule has 2 nitrogen and oxygen atoms in total. The van der Waals surface area contributed by atoms with Gasteiger partial charge in [0.1, 0.15) is 0 Å². The molecule has 2 atom stereocenters. The molecule has 0 N–H and O–H groups in total. The summed E-state index contributed by atoms with van der Waals surface area (Å²) in [7, 11) is 0. The minimum absolute atomic E-state index is 0.0449. The van der Waals surface area contributed by atoms with Crippen LogP contribution in [0.3, 0.4) is 0 Å². The van der Waals surface area contributed by atoms with E-state index in [1.165, 1.54) is 89.9 Å². The van der Waals surface area contributed by atoms with Crippen molar-refractivity contribution in [3.8, 4) is 0 Å². The molecule has 2 aliphatic rings. The smallest absolute Gasteiger partial charge is 0.315 e. The Morgan fingerprint density at radius 2 is 1.42 bits per heavy atom. The summed E-state index contributed by atoms with van der Waals surface area (Å²) in [5.41, 5.74) is -0.235. The van der Waals surface area contributed by atoms with Gasteiger partial charge in [-0.15, -0.1) is 0 Å². The van der Waals surface area contributed by atoms with Gasteiger partial charge in [-0.25, -0.2) is 0 Å². The highest BCUT2D eigenvalue weighted by molar-refractivity contribution is 5.80. The van der Waals surface area contributed by atoms with Crippen molar-refractivity contribution in [2.45, 2.75) is 116 Å². The first-order chi connectivity index (χ1) is 12.8. The van der Waals surface area contributed by atoms with E-state index in [0.29, 0.717) is 12.5 Å². The third kappa shape index (κ3) is 7.45. The van der Waals surface area contributed by atoms with Crippen molar-refractivity contribution in [3.63, 3.8) is 0 Å². The monoisotopic (exact) mass is 362 g/mol. The van der Waals surface area contributed by atoms with Crippen molar-refractivity contribution in [1.29, 1.82) is 0 Å². The number of carbonyl (C=O) groups is 1. The first-order valence-corrected chi connectivity index (χ1v) is 11.6. The van der Waals surface area contributed by atoms with Gasteiger partial charge in [0, 0.05) is 0 Å². The van der Waals surface area contributed by atoms with E-state index in [-0.39, 0.29) is 11.4 Å². The molecule has 0 spiro atoms. The first kappa shape index (κ1) is 21.5. The van der Waals surface area contributed by atoms with Gasteiger partial charge < -0.3 is 4.74 Å². The summed E-state index contributed by atoms with van der Waals surface area (Å²) < 4.78 is 5.56. The van der Waals surface area contributed by atoms with Crippen LogP contribution in [0.25, 0.3) is 0 Å². The molecule has 0 aromatic rings. The van der Waals surface area contributed by atoms with Gasteiger partial charge in [-0.05, 0) is 31.6 Å². The average molecular weight is 363 g/mol. The Morgan fingerprint density at radius 3 is 1.85 bits per heavy atom. The molecule has 0 aromatic carbocycles. The summed E-state index contributed by atoms with van der Waals surface area (Å²) in [6.07, 6.45) is 26.5. The van der Waals surface area contributed by atoms with Crippen LogP contribution in [0.5, 0.6) is 0 Å². The van der Waals surface area contributed by atoms with Crippen LogP contribution in [0.15, 0.2) is 12.2 Å². The molecule has 0 radical (unpaired) electrons. The van der Waals surface area contributed by atoms with E-state index in [1.54, 1.807) is 0 Å². The van der Waals surface area contributed by atoms with Crippen molar-refractivity contribution < 1.29 is 9.53 Å². The first-order valence-electron chi connectivity index (χ1n) is 11.6. The van der Waals surface area contributed by atoms with Gasteiger partial charge in [-0.2, -0.15) is 0 Å². The standard InChI is InChI=1S/C24H42O2/c1-2-3-4-5-6-7-8-9-10-11-12-13-14-15-20-26-23(25)24-18-16-22(21-24)17-19-24/h16,18,22H,2-15,17,19-21H2,1H3. The predicted molar refractivity (Wildman–Crippen MR) is 110 cm³/mol. The van der Waals surface area contributed by atoms with E-state index in [0.717, 1.165) is 19.3 Å². The van der Waals surface area contributed by atoms with Crippen molar-refractivity contribution in [1.82, 2.24) is 0 Å². The van der Waals surface area contributed by atoms with Gasteiger partial charge in [0.15, 0.2) is 0 Å². The van der Waals surface area contributed by atoms with E-state index >= 15 is 0 Å². The Labute approximate surface area is 162 Å². The van der Waals surface area contributed by atoms with Crippen molar-refractivity contribution in [2.75, 3.05) is 6.61 Å². The van der Waals surface area contributed by atoms with Crippen LogP contribution in [0.2, 0.25) is 0 Å². The molecule has 0 aliphatic heterocycles. The lowest BCUT2D eigenvalue weighted by molar-refractivity contribution is -0.152. The molecular weight excluding hydrogens is 320 g/mol. The maximum atomic E-state index is 12.3. The van der Waals surface area contributed by atoms with Crippen LogP contribution >= 0.6 is 0 Å². The van der Waals surface area contributed by atoms with Crippen LogP contribution in [-0.2, 0) is 9.53 Å².